The van der Waals surface area contributed by atoms with Gasteiger partial charge in [0, 0.05) is 18.4 Å². The number of hydrogen-bond donors (Lipinski definition) is 2. The van der Waals surface area contributed by atoms with Crippen LogP contribution < -0.4 is 10.6 Å². The maximum absolute atomic E-state index is 13.5. The molecule has 2 heterocycles. The maximum atomic E-state index is 13.5. The van der Waals surface area contributed by atoms with Gasteiger partial charge in [0.15, 0.2) is 5.69 Å². The molecule has 0 spiro atoms. The molecule has 0 aliphatic carbocycles. The van der Waals surface area contributed by atoms with Gasteiger partial charge in [-0.1, -0.05) is 6.07 Å². The van der Waals surface area contributed by atoms with Crippen LogP contribution in [-0.4, -0.2) is 28.8 Å². The van der Waals surface area contributed by atoms with Crippen LogP contribution in [-0.2, 0) is 0 Å². The van der Waals surface area contributed by atoms with Crippen molar-refractivity contribution in [3.05, 3.63) is 47.5 Å². The normalized spacial score (nSPS) is 18.2. The standard InChI is InChI=1S/C16H19FN4O/c1-11-4-5-12(9-14(11)17)19-16(22)15-6-8-21(20-15)13-3-2-7-18-10-13/h4-6,8-9,13,18H,2-3,7,10H2,1H3,(H,19,22). The molecule has 1 atom stereocenters. The highest BCUT2D eigenvalue weighted by Gasteiger charge is 2.17. The first kappa shape index (κ1) is 14.7. The Morgan fingerprint density at radius 2 is 2.32 bits per heavy atom. The van der Waals surface area contributed by atoms with Crippen LogP contribution in [0.2, 0.25) is 0 Å². The predicted octanol–water partition coefficient (Wildman–Crippen LogP) is 2.51. The minimum absolute atomic E-state index is 0.284. The third-order valence-corrected chi connectivity index (χ3v) is 3.92. The van der Waals surface area contributed by atoms with Gasteiger partial charge in [-0.05, 0) is 50.1 Å². The molecule has 1 fully saturated rings. The molecule has 2 aromatic rings. The highest BCUT2D eigenvalue weighted by atomic mass is 19.1. The van der Waals surface area contributed by atoms with Crippen LogP contribution in [0.1, 0.15) is 34.9 Å². The molecule has 1 amide bonds. The lowest BCUT2D eigenvalue weighted by atomic mass is 10.1. The Bertz CT molecular complexity index is 677. The van der Waals surface area contributed by atoms with Crippen LogP contribution in [0.4, 0.5) is 10.1 Å². The summed E-state index contributed by atoms with van der Waals surface area (Å²) in [5.74, 6) is -0.664. The van der Waals surface area contributed by atoms with Crippen molar-refractivity contribution in [1.82, 2.24) is 15.1 Å². The minimum Gasteiger partial charge on any atom is -0.320 e. The van der Waals surface area contributed by atoms with E-state index in [0.29, 0.717) is 16.9 Å². The summed E-state index contributed by atoms with van der Waals surface area (Å²) in [5.41, 5.74) is 1.32. The minimum atomic E-state index is -0.336. The number of piperidine rings is 1. The number of aromatic nitrogens is 2. The third-order valence-electron chi connectivity index (χ3n) is 3.92. The molecule has 6 heteroatoms. The summed E-state index contributed by atoms with van der Waals surface area (Å²) in [6.45, 7) is 3.58. The summed E-state index contributed by atoms with van der Waals surface area (Å²) < 4.78 is 15.3. The van der Waals surface area contributed by atoms with Crippen LogP contribution >= 0.6 is 0 Å². The molecule has 1 aromatic heterocycles. The van der Waals surface area contributed by atoms with Crippen molar-refractivity contribution in [3.63, 3.8) is 0 Å². The number of nitrogens with zero attached hydrogens (tertiary/aromatic N) is 2. The summed E-state index contributed by atoms with van der Waals surface area (Å²) >= 11 is 0. The lowest BCUT2D eigenvalue weighted by molar-refractivity contribution is 0.102. The predicted molar refractivity (Wildman–Crippen MR) is 82.5 cm³/mol. The molecule has 0 bridgehead atoms. The zero-order valence-corrected chi connectivity index (χ0v) is 12.5. The van der Waals surface area contributed by atoms with Crippen molar-refractivity contribution in [2.45, 2.75) is 25.8 Å². The Balaban J connectivity index is 1.69. The third kappa shape index (κ3) is 3.17. The van der Waals surface area contributed by atoms with Gasteiger partial charge in [0.1, 0.15) is 5.82 Å². The fourth-order valence-electron chi connectivity index (χ4n) is 2.59. The van der Waals surface area contributed by atoms with Gasteiger partial charge in [0.05, 0.1) is 6.04 Å². The van der Waals surface area contributed by atoms with E-state index in [0.717, 1.165) is 25.9 Å². The van der Waals surface area contributed by atoms with E-state index >= 15 is 0 Å². The Morgan fingerprint density at radius 1 is 1.45 bits per heavy atom. The number of carbonyl (C=O) groups is 1. The van der Waals surface area contributed by atoms with E-state index in [9.17, 15) is 9.18 Å². The maximum Gasteiger partial charge on any atom is 0.276 e. The van der Waals surface area contributed by atoms with Crippen molar-refractivity contribution >= 4 is 11.6 Å². The average molecular weight is 302 g/mol. The fraction of sp³-hybridized carbons (Fsp3) is 0.375. The van der Waals surface area contributed by atoms with Gasteiger partial charge in [-0.3, -0.25) is 9.48 Å². The van der Waals surface area contributed by atoms with Gasteiger partial charge in [0.2, 0.25) is 0 Å². The monoisotopic (exact) mass is 302 g/mol. The van der Waals surface area contributed by atoms with Crippen molar-refractivity contribution < 1.29 is 9.18 Å². The van der Waals surface area contributed by atoms with Gasteiger partial charge in [-0.15, -0.1) is 0 Å². The number of benzene rings is 1. The highest BCUT2D eigenvalue weighted by molar-refractivity contribution is 6.02. The number of rotatable bonds is 3. The van der Waals surface area contributed by atoms with Gasteiger partial charge in [-0.25, -0.2) is 4.39 Å². The van der Waals surface area contributed by atoms with Crippen molar-refractivity contribution in [1.29, 1.82) is 0 Å². The van der Waals surface area contributed by atoms with E-state index < -0.39 is 0 Å². The molecule has 2 N–H and O–H groups in total. The van der Waals surface area contributed by atoms with Gasteiger partial charge in [-0.2, -0.15) is 5.10 Å². The van der Waals surface area contributed by atoms with E-state index in [4.69, 9.17) is 0 Å². The second kappa shape index (κ2) is 6.27. The molecule has 1 aromatic carbocycles. The molecule has 1 aliphatic heterocycles. The lowest BCUT2D eigenvalue weighted by Gasteiger charge is -2.22. The average Bonchev–Trinajstić information content (AvgIpc) is 3.02. The zero-order valence-electron chi connectivity index (χ0n) is 12.5. The number of hydrogen-bond acceptors (Lipinski definition) is 3. The van der Waals surface area contributed by atoms with E-state index in [1.54, 1.807) is 25.1 Å². The number of nitrogens with one attached hydrogen (secondary N) is 2. The van der Waals surface area contributed by atoms with E-state index in [-0.39, 0.29) is 17.8 Å². The number of aryl methyl sites for hydroxylation is 1. The Morgan fingerprint density at radius 3 is 3.05 bits per heavy atom. The number of anilines is 1. The second-order valence-corrected chi connectivity index (χ2v) is 5.60. The summed E-state index contributed by atoms with van der Waals surface area (Å²) in [7, 11) is 0. The summed E-state index contributed by atoms with van der Waals surface area (Å²) in [4.78, 5) is 12.2. The largest absolute Gasteiger partial charge is 0.320 e. The van der Waals surface area contributed by atoms with Crippen molar-refractivity contribution in [3.8, 4) is 0 Å². The topological polar surface area (TPSA) is 59.0 Å². The molecule has 1 aliphatic rings. The fourth-order valence-corrected chi connectivity index (χ4v) is 2.59. The van der Waals surface area contributed by atoms with Crippen LogP contribution in [0.3, 0.4) is 0 Å². The number of halogens is 1. The van der Waals surface area contributed by atoms with Crippen LogP contribution in [0.25, 0.3) is 0 Å². The lowest BCUT2D eigenvalue weighted by Crippen LogP contribution is -2.32. The second-order valence-electron chi connectivity index (χ2n) is 5.60. The van der Waals surface area contributed by atoms with E-state index in [1.807, 2.05) is 10.9 Å². The Kier molecular flexibility index (Phi) is 4.20. The Hall–Kier alpha value is -2.21. The zero-order chi connectivity index (χ0) is 15.5. The summed E-state index contributed by atoms with van der Waals surface area (Å²) in [5, 5.41) is 10.3. The van der Waals surface area contributed by atoms with Gasteiger partial charge >= 0.3 is 0 Å². The molecule has 1 saturated heterocycles. The molecular weight excluding hydrogens is 283 g/mol. The SMILES string of the molecule is Cc1ccc(NC(=O)c2ccn(C3CCCNC3)n2)cc1F. The smallest absolute Gasteiger partial charge is 0.276 e. The molecule has 1 unspecified atom stereocenters. The molecular formula is C16H19FN4O. The number of carbonyl (C=O) groups excluding carboxylic acids is 1. The first-order valence-corrected chi connectivity index (χ1v) is 7.47. The van der Waals surface area contributed by atoms with Gasteiger partial charge in [0.25, 0.3) is 5.91 Å². The van der Waals surface area contributed by atoms with Crippen LogP contribution in [0.5, 0.6) is 0 Å². The molecule has 0 saturated carbocycles. The van der Waals surface area contributed by atoms with E-state index in [1.165, 1.54) is 6.07 Å². The molecule has 116 valence electrons. The Labute approximate surface area is 128 Å². The highest BCUT2D eigenvalue weighted by Crippen LogP contribution is 2.17. The molecule has 5 nitrogen and oxygen atoms in total. The number of amides is 1. The van der Waals surface area contributed by atoms with Crippen molar-refractivity contribution in [2.75, 3.05) is 18.4 Å². The van der Waals surface area contributed by atoms with Gasteiger partial charge < -0.3 is 10.6 Å². The first-order valence-electron chi connectivity index (χ1n) is 7.47. The van der Waals surface area contributed by atoms with E-state index in [2.05, 4.69) is 15.7 Å². The van der Waals surface area contributed by atoms with Crippen LogP contribution in [0, 0.1) is 12.7 Å². The molecule has 22 heavy (non-hydrogen) atoms. The van der Waals surface area contributed by atoms with Crippen LogP contribution in [0.15, 0.2) is 30.5 Å². The summed E-state index contributed by atoms with van der Waals surface area (Å²) in [6.07, 6.45) is 3.98. The summed E-state index contributed by atoms with van der Waals surface area (Å²) in [6, 6.07) is 6.60. The quantitative estimate of drug-likeness (QED) is 0.916. The molecule has 3 rings (SSSR count). The first-order chi connectivity index (χ1) is 10.6. The van der Waals surface area contributed by atoms with Crippen molar-refractivity contribution in [2.24, 2.45) is 0 Å². The molecule has 0 radical (unpaired) electrons.